The number of anilines is 1. The van der Waals surface area contributed by atoms with Gasteiger partial charge in [-0.05, 0) is 62.3 Å². The SMILES string of the molecule is CN1CC[C@]23c4c5cc(N=Nc6ccc(N)cc6)c(O)c4O[C@H]2[C@@H](O)C=C[C@H]3[C@H]1C5. The molecule has 1 saturated heterocycles. The number of piperidine rings is 1. The number of benzene rings is 2. The maximum absolute atomic E-state index is 11.0. The normalized spacial score (nSPS) is 33.5. The van der Waals surface area contributed by atoms with E-state index < -0.39 is 6.10 Å². The molecule has 0 aromatic heterocycles. The number of nitrogens with two attached hydrogens (primary N) is 1. The highest BCUT2D eigenvalue weighted by molar-refractivity contribution is 5.70. The predicted octanol–water partition coefficient (Wildman–Crippen LogP) is 3.20. The van der Waals surface area contributed by atoms with Crippen molar-refractivity contribution in [1.82, 2.24) is 4.90 Å². The van der Waals surface area contributed by atoms with Gasteiger partial charge in [0.2, 0.25) is 0 Å². The molecule has 2 aliphatic heterocycles. The minimum Gasteiger partial charge on any atom is -0.503 e. The van der Waals surface area contributed by atoms with E-state index in [1.807, 2.05) is 12.1 Å². The molecule has 2 aromatic rings. The number of phenolic OH excluding ortho intramolecular Hbond substituents is 1. The van der Waals surface area contributed by atoms with Gasteiger partial charge in [-0.25, -0.2) is 0 Å². The average Bonchev–Trinajstić information content (AvgIpc) is 3.09. The van der Waals surface area contributed by atoms with Crippen LogP contribution < -0.4 is 10.5 Å². The Balaban J connectivity index is 1.50. The molecule has 6 rings (SSSR count). The lowest BCUT2D eigenvalue weighted by Gasteiger charge is -2.56. The topological polar surface area (TPSA) is 104 Å². The molecule has 4 N–H and O–H groups in total. The van der Waals surface area contributed by atoms with E-state index in [0.29, 0.717) is 28.9 Å². The molecule has 4 aliphatic rings. The molecule has 0 saturated carbocycles. The lowest BCUT2D eigenvalue weighted by molar-refractivity contribution is -0.0453. The first kappa shape index (κ1) is 17.9. The minimum atomic E-state index is -0.692. The Morgan fingerprint density at radius 1 is 1.20 bits per heavy atom. The van der Waals surface area contributed by atoms with Crippen LogP contribution in [0.2, 0.25) is 0 Å². The molecule has 0 unspecified atom stereocenters. The summed E-state index contributed by atoms with van der Waals surface area (Å²) in [5, 5.41) is 30.4. The van der Waals surface area contributed by atoms with E-state index in [9.17, 15) is 10.2 Å². The molecule has 0 radical (unpaired) electrons. The summed E-state index contributed by atoms with van der Waals surface area (Å²) in [4.78, 5) is 2.40. The second-order valence-electron chi connectivity index (χ2n) is 8.88. The van der Waals surface area contributed by atoms with Crippen molar-refractivity contribution in [2.45, 2.75) is 36.5 Å². The van der Waals surface area contributed by atoms with Crippen molar-refractivity contribution in [3.63, 3.8) is 0 Å². The summed E-state index contributed by atoms with van der Waals surface area (Å²) < 4.78 is 6.28. The number of hydrogen-bond donors (Lipinski definition) is 3. The van der Waals surface area contributed by atoms with Gasteiger partial charge in [0.25, 0.3) is 0 Å². The molecule has 0 amide bonds. The number of nitrogens with zero attached hydrogens (tertiary/aromatic N) is 3. The molecular weight excluding hydrogens is 380 g/mol. The van der Waals surface area contributed by atoms with Crippen molar-refractivity contribution >= 4 is 17.1 Å². The molecule has 7 heteroatoms. The second kappa shape index (κ2) is 6.06. The van der Waals surface area contributed by atoms with Crippen LogP contribution in [0.5, 0.6) is 11.5 Å². The summed E-state index contributed by atoms with van der Waals surface area (Å²) in [6.45, 7) is 0.944. The predicted molar refractivity (Wildman–Crippen MR) is 113 cm³/mol. The number of ether oxygens (including phenoxy) is 1. The van der Waals surface area contributed by atoms with Crippen LogP contribution >= 0.6 is 0 Å². The molecule has 2 heterocycles. The highest BCUT2D eigenvalue weighted by Crippen LogP contribution is 2.63. The number of phenols is 1. The number of hydrogen-bond acceptors (Lipinski definition) is 7. The highest BCUT2D eigenvalue weighted by Gasteiger charge is 2.64. The van der Waals surface area contributed by atoms with Gasteiger partial charge in [-0.2, -0.15) is 5.11 Å². The fourth-order valence-electron chi connectivity index (χ4n) is 6.03. The molecule has 5 atom stereocenters. The molecule has 2 aromatic carbocycles. The molecule has 2 aliphatic carbocycles. The van der Waals surface area contributed by atoms with E-state index in [1.54, 1.807) is 24.3 Å². The zero-order valence-electron chi connectivity index (χ0n) is 16.7. The molecule has 2 bridgehead atoms. The number of likely N-dealkylation sites (N-methyl/N-ethyl adjacent to an activating group) is 1. The van der Waals surface area contributed by atoms with Gasteiger partial charge in [0.05, 0.1) is 5.69 Å². The van der Waals surface area contributed by atoms with E-state index in [-0.39, 0.29) is 23.2 Å². The molecule has 7 nitrogen and oxygen atoms in total. The molecular formula is C23H24N4O3. The Labute approximate surface area is 174 Å². The average molecular weight is 404 g/mol. The fourth-order valence-corrected chi connectivity index (χ4v) is 6.03. The van der Waals surface area contributed by atoms with Crippen LogP contribution in [0.3, 0.4) is 0 Å². The van der Waals surface area contributed by atoms with Crippen LogP contribution in [-0.2, 0) is 11.8 Å². The molecule has 154 valence electrons. The summed E-state index contributed by atoms with van der Waals surface area (Å²) in [6.07, 6.45) is 4.69. The molecule has 1 spiro atoms. The Morgan fingerprint density at radius 2 is 2.00 bits per heavy atom. The third-order valence-electron chi connectivity index (χ3n) is 7.41. The zero-order chi connectivity index (χ0) is 20.6. The van der Waals surface area contributed by atoms with Gasteiger partial charge < -0.3 is 25.6 Å². The van der Waals surface area contributed by atoms with Crippen LogP contribution in [0.25, 0.3) is 0 Å². The van der Waals surface area contributed by atoms with Gasteiger partial charge in [-0.3, -0.25) is 0 Å². The number of azo groups is 1. The molecule has 1 fully saturated rings. The quantitative estimate of drug-likeness (QED) is 0.405. The summed E-state index contributed by atoms with van der Waals surface area (Å²) in [7, 11) is 2.16. The van der Waals surface area contributed by atoms with E-state index in [2.05, 4.69) is 28.3 Å². The van der Waals surface area contributed by atoms with Crippen LogP contribution in [0.1, 0.15) is 17.5 Å². The Morgan fingerprint density at radius 3 is 2.80 bits per heavy atom. The van der Waals surface area contributed by atoms with Gasteiger partial charge in [-0.1, -0.05) is 12.2 Å². The van der Waals surface area contributed by atoms with Crippen LogP contribution in [-0.4, -0.2) is 47.0 Å². The first-order chi connectivity index (χ1) is 14.5. The van der Waals surface area contributed by atoms with Gasteiger partial charge in [0, 0.05) is 28.6 Å². The first-order valence-electron chi connectivity index (χ1n) is 10.4. The number of aliphatic hydroxyl groups excluding tert-OH is 1. The standard InChI is InChI=1S/C23H24N4O3/c1-27-9-8-23-15-6-7-18(28)22(23)30-21-19(23)12(11-17(15)27)10-16(20(21)29)26-25-14-4-2-13(24)3-5-14/h2-7,10,15,17-18,22,28-29H,8-9,11,24H2,1H3/t15-,17+,18-,22-,23-/m0/s1. The van der Waals surface area contributed by atoms with Crippen molar-refractivity contribution in [2.24, 2.45) is 16.1 Å². The van der Waals surface area contributed by atoms with Crippen molar-refractivity contribution in [3.05, 3.63) is 53.6 Å². The van der Waals surface area contributed by atoms with Gasteiger partial charge in [0.1, 0.15) is 17.9 Å². The number of aliphatic hydroxyl groups is 1. The Hall–Kier alpha value is -2.90. The number of nitrogen functional groups attached to an aromatic ring is 1. The maximum atomic E-state index is 11.0. The third kappa shape index (κ3) is 2.22. The van der Waals surface area contributed by atoms with Gasteiger partial charge in [-0.15, -0.1) is 5.11 Å². The monoisotopic (exact) mass is 404 g/mol. The largest absolute Gasteiger partial charge is 0.503 e. The van der Waals surface area contributed by atoms with Gasteiger partial charge >= 0.3 is 0 Å². The second-order valence-corrected chi connectivity index (χ2v) is 8.88. The smallest absolute Gasteiger partial charge is 0.186 e. The number of likely N-dealkylation sites (tertiary alicyclic amines) is 1. The number of rotatable bonds is 2. The van der Waals surface area contributed by atoms with Crippen LogP contribution in [0.15, 0.2) is 52.7 Å². The lowest BCUT2D eigenvalue weighted by atomic mass is 9.53. The summed E-state index contributed by atoms with van der Waals surface area (Å²) in [5.41, 5.74) is 9.33. The van der Waals surface area contributed by atoms with Crippen LogP contribution in [0.4, 0.5) is 17.1 Å². The summed E-state index contributed by atoms with van der Waals surface area (Å²) >= 11 is 0. The van der Waals surface area contributed by atoms with E-state index in [1.165, 1.54) is 0 Å². The van der Waals surface area contributed by atoms with E-state index >= 15 is 0 Å². The molecule has 30 heavy (non-hydrogen) atoms. The summed E-state index contributed by atoms with van der Waals surface area (Å²) in [5.74, 6) is 0.736. The summed E-state index contributed by atoms with van der Waals surface area (Å²) in [6, 6.07) is 9.36. The van der Waals surface area contributed by atoms with Crippen LogP contribution in [0, 0.1) is 5.92 Å². The van der Waals surface area contributed by atoms with Crippen molar-refractivity contribution < 1.29 is 14.9 Å². The fraction of sp³-hybridized carbons (Fsp3) is 0.391. The zero-order valence-corrected chi connectivity index (χ0v) is 16.7. The Kier molecular flexibility index (Phi) is 3.62. The minimum absolute atomic E-state index is 0.0000445. The Bertz CT molecular complexity index is 1100. The highest BCUT2D eigenvalue weighted by atomic mass is 16.5. The van der Waals surface area contributed by atoms with Crippen molar-refractivity contribution in [1.29, 1.82) is 0 Å². The third-order valence-corrected chi connectivity index (χ3v) is 7.41. The van der Waals surface area contributed by atoms with Crippen molar-refractivity contribution in [3.8, 4) is 11.5 Å². The first-order valence-corrected chi connectivity index (χ1v) is 10.4. The van der Waals surface area contributed by atoms with Gasteiger partial charge in [0.15, 0.2) is 11.5 Å². The number of aromatic hydroxyl groups is 1. The lowest BCUT2D eigenvalue weighted by Crippen LogP contribution is -2.64. The maximum Gasteiger partial charge on any atom is 0.186 e. The van der Waals surface area contributed by atoms with E-state index in [4.69, 9.17) is 10.5 Å². The van der Waals surface area contributed by atoms with E-state index in [0.717, 1.165) is 30.5 Å². The van der Waals surface area contributed by atoms with Crippen molar-refractivity contribution in [2.75, 3.05) is 19.3 Å².